The van der Waals surface area contributed by atoms with E-state index in [0.29, 0.717) is 5.56 Å². The van der Waals surface area contributed by atoms with Crippen molar-refractivity contribution in [2.75, 3.05) is 0 Å². The van der Waals surface area contributed by atoms with Gasteiger partial charge in [0.2, 0.25) is 5.91 Å². The summed E-state index contributed by atoms with van der Waals surface area (Å²) in [6.45, 7) is 1.58. The summed E-state index contributed by atoms with van der Waals surface area (Å²) < 4.78 is 0. The zero-order valence-electron chi connectivity index (χ0n) is 10.1. The predicted molar refractivity (Wildman–Crippen MR) is 65.2 cm³/mol. The molecule has 1 amide bonds. The molecule has 0 radical (unpaired) electrons. The number of carbonyl (C=O) groups excluding carboxylic acids is 2. The molecule has 0 bridgehead atoms. The van der Waals surface area contributed by atoms with Crippen LogP contribution in [0.4, 0.5) is 0 Å². The summed E-state index contributed by atoms with van der Waals surface area (Å²) in [6, 6.07) is 7.96. The van der Waals surface area contributed by atoms with E-state index in [1.807, 2.05) is 0 Å². The molecule has 0 heterocycles. The highest BCUT2D eigenvalue weighted by atomic mass is 16.4. The van der Waals surface area contributed by atoms with Crippen molar-refractivity contribution in [2.45, 2.75) is 25.8 Å². The van der Waals surface area contributed by atoms with Gasteiger partial charge in [-0.2, -0.15) is 0 Å². The van der Waals surface area contributed by atoms with E-state index in [9.17, 15) is 14.4 Å². The smallest absolute Gasteiger partial charge is 0.303 e. The second kappa shape index (κ2) is 6.54. The minimum absolute atomic E-state index is 0.123. The van der Waals surface area contributed by atoms with Gasteiger partial charge in [-0.1, -0.05) is 30.3 Å². The number of hydrogen-bond acceptors (Lipinski definition) is 3. The molecule has 0 aliphatic rings. The molecule has 1 aromatic rings. The molecule has 1 rings (SSSR count). The van der Waals surface area contributed by atoms with Crippen LogP contribution in [0.25, 0.3) is 0 Å². The number of benzene rings is 1. The molecule has 5 heteroatoms. The second-order valence-electron chi connectivity index (χ2n) is 3.91. The van der Waals surface area contributed by atoms with Crippen molar-refractivity contribution < 1.29 is 19.5 Å². The van der Waals surface area contributed by atoms with Gasteiger partial charge >= 0.3 is 5.97 Å². The maximum absolute atomic E-state index is 11.9. The third-order valence-electron chi connectivity index (χ3n) is 2.40. The van der Waals surface area contributed by atoms with E-state index >= 15 is 0 Å². The van der Waals surface area contributed by atoms with E-state index in [2.05, 4.69) is 5.32 Å². The van der Waals surface area contributed by atoms with E-state index in [1.165, 1.54) is 0 Å². The van der Waals surface area contributed by atoms with Crippen LogP contribution in [0.5, 0.6) is 0 Å². The molecule has 0 saturated heterocycles. The first-order chi connectivity index (χ1) is 8.50. The first-order valence-electron chi connectivity index (χ1n) is 5.61. The lowest BCUT2D eigenvalue weighted by atomic mass is 10.1. The van der Waals surface area contributed by atoms with Crippen LogP contribution in [0.15, 0.2) is 30.3 Å². The maximum Gasteiger partial charge on any atom is 0.303 e. The first kappa shape index (κ1) is 13.9. The van der Waals surface area contributed by atoms with Gasteiger partial charge < -0.3 is 10.4 Å². The molecular weight excluding hydrogens is 234 g/mol. The lowest BCUT2D eigenvalue weighted by Gasteiger charge is -2.12. The number of nitrogens with one attached hydrogen (secondary N) is 1. The van der Waals surface area contributed by atoms with Gasteiger partial charge in [0.25, 0.3) is 0 Å². The van der Waals surface area contributed by atoms with E-state index in [1.54, 1.807) is 37.3 Å². The number of ketones is 1. The summed E-state index contributed by atoms with van der Waals surface area (Å²) in [5, 5.41) is 10.9. The SMILES string of the molecule is C[C@@H](NC(=O)CCC(=O)O)C(=O)c1ccccc1. The van der Waals surface area contributed by atoms with Crippen molar-refractivity contribution in [3.8, 4) is 0 Å². The molecule has 0 unspecified atom stereocenters. The molecule has 0 saturated carbocycles. The van der Waals surface area contributed by atoms with Crippen molar-refractivity contribution in [3.63, 3.8) is 0 Å². The molecule has 0 aromatic heterocycles. The molecule has 0 fully saturated rings. The van der Waals surface area contributed by atoms with Crippen LogP contribution in [-0.4, -0.2) is 28.8 Å². The van der Waals surface area contributed by atoms with Crippen molar-refractivity contribution in [1.82, 2.24) is 5.32 Å². The number of carbonyl (C=O) groups is 3. The first-order valence-corrected chi connectivity index (χ1v) is 5.61. The molecule has 1 atom stereocenters. The molecule has 0 spiro atoms. The second-order valence-corrected chi connectivity index (χ2v) is 3.91. The summed E-state index contributed by atoms with van der Waals surface area (Å²) in [4.78, 5) is 33.6. The molecule has 96 valence electrons. The summed E-state index contributed by atoms with van der Waals surface area (Å²) >= 11 is 0. The summed E-state index contributed by atoms with van der Waals surface area (Å²) in [7, 11) is 0. The van der Waals surface area contributed by atoms with Gasteiger partial charge in [0.15, 0.2) is 5.78 Å². The van der Waals surface area contributed by atoms with Crippen molar-refractivity contribution in [2.24, 2.45) is 0 Å². The van der Waals surface area contributed by atoms with E-state index in [-0.39, 0.29) is 18.6 Å². The van der Waals surface area contributed by atoms with Gasteiger partial charge in [-0.05, 0) is 6.92 Å². The van der Waals surface area contributed by atoms with E-state index in [4.69, 9.17) is 5.11 Å². The number of Topliss-reactive ketones (excluding diaryl/α,β-unsaturated/α-hetero) is 1. The van der Waals surface area contributed by atoms with Crippen LogP contribution in [0.3, 0.4) is 0 Å². The highest BCUT2D eigenvalue weighted by molar-refractivity contribution is 6.01. The molecule has 18 heavy (non-hydrogen) atoms. The van der Waals surface area contributed by atoms with Crippen LogP contribution in [0.1, 0.15) is 30.1 Å². The number of hydrogen-bond donors (Lipinski definition) is 2. The Kier molecular flexibility index (Phi) is 5.05. The minimum Gasteiger partial charge on any atom is -0.481 e. The minimum atomic E-state index is -1.04. The van der Waals surface area contributed by atoms with Gasteiger partial charge in [0.1, 0.15) is 0 Å². The Morgan fingerprint density at radius 3 is 2.33 bits per heavy atom. The number of rotatable bonds is 6. The lowest BCUT2D eigenvalue weighted by molar-refractivity contribution is -0.138. The fraction of sp³-hybridized carbons (Fsp3) is 0.308. The van der Waals surface area contributed by atoms with Crippen LogP contribution in [-0.2, 0) is 9.59 Å². The Bertz CT molecular complexity index is 442. The van der Waals surface area contributed by atoms with Crippen LogP contribution >= 0.6 is 0 Å². The Morgan fingerprint density at radius 2 is 1.78 bits per heavy atom. The molecule has 5 nitrogen and oxygen atoms in total. The Labute approximate surface area is 105 Å². The third kappa shape index (κ3) is 4.37. The molecule has 0 aliphatic carbocycles. The zero-order chi connectivity index (χ0) is 13.5. The topological polar surface area (TPSA) is 83.5 Å². The van der Waals surface area contributed by atoms with E-state index in [0.717, 1.165) is 0 Å². The van der Waals surface area contributed by atoms with Gasteiger partial charge in [-0.15, -0.1) is 0 Å². The van der Waals surface area contributed by atoms with Gasteiger partial charge in [-0.25, -0.2) is 0 Å². The summed E-state index contributed by atoms with van der Waals surface area (Å²) in [6.07, 6.45) is -0.361. The molecule has 1 aromatic carbocycles. The number of amides is 1. The molecule has 0 aliphatic heterocycles. The van der Waals surface area contributed by atoms with Gasteiger partial charge in [-0.3, -0.25) is 14.4 Å². The van der Waals surface area contributed by atoms with Crippen LogP contribution in [0.2, 0.25) is 0 Å². The predicted octanol–water partition coefficient (Wildman–Crippen LogP) is 1.24. The number of carboxylic acids is 1. The van der Waals surface area contributed by atoms with Crippen molar-refractivity contribution >= 4 is 17.7 Å². The standard InChI is InChI=1S/C13H15NO4/c1-9(14-11(15)7-8-12(16)17)13(18)10-5-3-2-4-6-10/h2-6,9H,7-8H2,1H3,(H,14,15)(H,16,17)/t9-/m1/s1. The Balaban J connectivity index is 2.50. The monoisotopic (exact) mass is 249 g/mol. The highest BCUT2D eigenvalue weighted by Crippen LogP contribution is 2.03. The normalized spacial score (nSPS) is 11.6. The van der Waals surface area contributed by atoms with Crippen LogP contribution < -0.4 is 5.32 Å². The quantitative estimate of drug-likeness (QED) is 0.743. The average Bonchev–Trinajstić information content (AvgIpc) is 2.36. The van der Waals surface area contributed by atoms with Gasteiger partial charge in [0.05, 0.1) is 12.5 Å². The van der Waals surface area contributed by atoms with Gasteiger partial charge in [0, 0.05) is 12.0 Å². The Hall–Kier alpha value is -2.17. The number of aliphatic carboxylic acids is 1. The highest BCUT2D eigenvalue weighted by Gasteiger charge is 2.17. The average molecular weight is 249 g/mol. The van der Waals surface area contributed by atoms with Crippen molar-refractivity contribution in [1.29, 1.82) is 0 Å². The fourth-order valence-corrected chi connectivity index (χ4v) is 1.45. The fourth-order valence-electron chi connectivity index (χ4n) is 1.45. The largest absolute Gasteiger partial charge is 0.481 e. The summed E-state index contributed by atoms with van der Waals surface area (Å²) in [5.74, 6) is -1.67. The van der Waals surface area contributed by atoms with E-state index < -0.39 is 17.9 Å². The zero-order valence-corrected chi connectivity index (χ0v) is 10.1. The number of carboxylic acid groups (broad SMARTS) is 1. The lowest BCUT2D eigenvalue weighted by Crippen LogP contribution is -2.38. The summed E-state index contributed by atoms with van der Waals surface area (Å²) in [5.41, 5.74) is 0.517. The molecule has 2 N–H and O–H groups in total. The van der Waals surface area contributed by atoms with Crippen LogP contribution in [0, 0.1) is 0 Å². The molecular formula is C13H15NO4. The third-order valence-corrected chi connectivity index (χ3v) is 2.40. The maximum atomic E-state index is 11.9. The Morgan fingerprint density at radius 1 is 1.17 bits per heavy atom. The van der Waals surface area contributed by atoms with Crippen molar-refractivity contribution in [3.05, 3.63) is 35.9 Å².